The van der Waals surface area contributed by atoms with Crippen molar-refractivity contribution in [2.45, 2.75) is 119 Å². The molecule has 1 aromatic rings. The van der Waals surface area contributed by atoms with Gasteiger partial charge >= 0.3 is 0 Å². The molecule has 0 aliphatic heterocycles. The van der Waals surface area contributed by atoms with Crippen LogP contribution in [0.4, 0.5) is 0 Å². The van der Waals surface area contributed by atoms with E-state index < -0.39 is 5.60 Å². The third-order valence-electron chi connectivity index (χ3n) is 7.15. The highest BCUT2D eigenvalue weighted by Crippen LogP contribution is 2.37. The highest BCUT2D eigenvalue weighted by molar-refractivity contribution is 5.69. The summed E-state index contributed by atoms with van der Waals surface area (Å²) >= 11 is 0. The molecule has 0 aliphatic carbocycles. The Morgan fingerprint density at radius 2 is 1.19 bits per heavy atom. The average Bonchev–Trinajstić information content (AvgIpc) is 2.70. The van der Waals surface area contributed by atoms with E-state index in [0.717, 1.165) is 24.7 Å². The second kappa shape index (κ2) is 13.3. The normalized spacial score (nSPS) is 15.9. The first-order chi connectivity index (χ1) is 14.9. The van der Waals surface area contributed by atoms with Gasteiger partial charge in [0.2, 0.25) is 0 Å². The van der Waals surface area contributed by atoms with Crippen molar-refractivity contribution in [3.8, 4) is 11.5 Å². The number of hydrogen-bond acceptors (Lipinski definition) is 3. The predicted octanol–water partition coefficient (Wildman–Crippen LogP) is 8.23. The maximum Gasteiger partial charge on any atom is 0.126 e. The Labute approximate surface area is 198 Å². The first-order valence-electron chi connectivity index (χ1n) is 12.8. The van der Waals surface area contributed by atoms with Crippen LogP contribution in [0.25, 0.3) is 6.08 Å². The SMILES string of the molecule is Cc1c(C)c(O)c(C=C[C@@](C)(O)CCC[C@H](C)CCC[C@@H](C)CCCC(C)C)c(C)c1O. The molecule has 3 N–H and O–H groups in total. The Balaban J connectivity index is 2.44. The molecule has 32 heavy (non-hydrogen) atoms. The van der Waals surface area contributed by atoms with E-state index in [0.29, 0.717) is 34.6 Å². The van der Waals surface area contributed by atoms with E-state index in [1.807, 2.05) is 6.92 Å². The fourth-order valence-electron chi connectivity index (χ4n) is 4.48. The van der Waals surface area contributed by atoms with Crippen LogP contribution in [-0.2, 0) is 0 Å². The van der Waals surface area contributed by atoms with Crippen LogP contribution < -0.4 is 0 Å². The van der Waals surface area contributed by atoms with Gasteiger partial charge in [-0.1, -0.05) is 91.2 Å². The standard InChI is InChI=1S/C29H50O3/c1-20(2)12-9-13-21(3)14-10-15-22(4)16-11-18-29(8,32)19-17-26-25(7)27(30)23(5)24(6)28(26)31/h17,19-22,30-32H,9-16,18H2,1-8H3/t21-,22+,29-/m0/s1. The van der Waals surface area contributed by atoms with E-state index in [4.69, 9.17) is 0 Å². The molecule has 3 heteroatoms. The highest BCUT2D eigenvalue weighted by atomic mass is 16.3. The number of benzene rings is 1. The number of hydrogen-bond donors (Lipinski definition) is 3. The van der Waals surface area contributed by atoms with Crippen molar-refractivity contribution in [3.05, 3.63) is 28.3 Å². The van der Waals surface area contributed by atoms with E-state index in [2.05, 4.69) is 27.7 Å². The lowest BCUT2D eigenvalue weighted by Crippen LogP contribution is -2.20. The molecule has 1 rings (SSSR count). The smallest absolute Gasteiger partial charge is 0.126 e. The molecular formula is C29H50O3. The first kappa shape index (κ1) is 28.6. The van der Waals surface area contributed by atoms with Crippen LogP contribution in [0.3, 0.4) is 0 Å². The molecule has 0 amide bonds. The number of phenols is 2. The number of rotatable bonds is 14. The summed E-state index contributed by atoms with van der Waals surface area (Å²) < 4.78 is 0. The topological polar surface area (TPSA) is 60.7 Å². The van der Waals surface area contributed by atoms with Crippen molar-refractivity contribution in [1.82, 2.24) is 0 Å². The maximum atomic E-state index is 10.8. The molecule has 0 fully saturated rings. The van der Waals surface area contributed by atoms with Gasteiger partial charge < -0.3 is 15.3 Å². The van der Waals surface area contributed by atoms with Crippen LogP contribution in [0.5, 0.6) is 11.5 Å². The van der Waals surface area contributed by atoms with Gasteiger partial charge in [0.25, 0.3) is 0 Å². The molecular weight excluding hydrogens is 396 g/mol. The molecule has 0 saturated carbocycles. The lowest BCUT2D eigenvalue weighted by molar-refractivity contribution is 0.0979. The summed E-state index contributed by atoms with van der Waals surface area (Å²) in [5.74, 6) is 2.72. The maximum absolute atomic E-state index is 10.8. The zero-order valence-electron chi connectivity index (χ0n) is 22.1. The second-order valence-corrected chi connectivity index (χ2v) is 11.0. The molecule has 0 spiro atoms. The van der Waals surface area contributed by atoms with E-state index in [9.17, 15) is 15.3 Å². The van der Waals surface area contributed by atoms with Crippen LogP contribution in [0.1, 0.15) is 115 Å². The van der Waals surface area contributed by atoms with Crippen LogP contribution >= 0.6 is 0 Å². The minimum atomic E-state index is -0.933. The molecule has 3 atom stereocenters. The quantitative estimate of drug-likeness (QED) is 0.252. The largest absolute Gasteiger partial charge is 0.507 e. The molecule has 0 heterocycles. The lowest BCUT2D eigenvalue weighted by Gasteiger charge is -2.21. The summed E-state index contributed by atoms with van der Waals surface area (Å²) in [5.41, 5.74) is 1.67. The molecule has 0 radical (unpaired) electrons. The Morgan fingerprint density at radius 3 is 1.72 bits per heavy atom. The van der Waals surface area contributed by atoms with Crippen LogP contribution in [0.2, 0.25) is 0 Å². The Kier molecular flexibility index (Phi) is 11.9. The first-order valence-corrected chi connectivity index (χ1v) is 12.8. The molecule has 0 bridgehead atoms. The average molecular weight is 447 g/mol. The third-order valence-corrected chi connectivity index (χ3v) is 7.15. The van der Waals surface area contributed by atoms with E-state index in [1.54, 1.807) is 32.9 Å². The molecule has 1 aromatic carbocycles. The van der Waals surface area contributed by atoms with Gasteiger partial charge in [-0.15, -0.1) is 0 Å². The Hall–Kier alpha value is -1.48. The molecule has 3 nitrogen and oxygen atoms in total. The van der Waals surface area contributed by atoms with E-state index in [1.165, 1.54) is 38.5 Å². The summed E-state index contributed by atoms with van der Waals surface area (Å²) in [6.07, 6.45) is 14.3. The van der Waals surface area contributed by atoms with Crippen molar-refractivity contribution in [1.29, 1.82) is 0 Å². The summed E-state index contributed by atoms with van der Waals surface area (Å²) in [6, 6.07) is 0. The van der Waals surface area contributed by atoms with Crippen molar-refractivity contribution in [2.75, 3.05) is 0 Å². The Morgan fingerprint density at radius 1 is 0.719 bits per heavy atom. The fraction of sp³-hybridized carbons (Fsp3) is 0.724. The van der Waals surface area contributed by atoms with E-state index in [-0.39, 0.29) is 11.5 Å². The van der Waals surface area contributed by atoms with Gasteiger partial charge in [0, 0.05) is 11.1 Å². The molecule has 0 aliphatic rings. The fourth-order valence-corrected chi connectivity index (χ4v) is 4.48. The monoisotopic (exact) mass is 446 g/mol. The van der Waals surface area contributed by atoms with Gasteiger partial charge in [0.1, 0.15) is 11.5 Å². The number of aromatic hydroxyl groups is 2. The predicted molar refractivity (Wildman–Crippen MR) is 138 cm³/mol. The Bertz CT molecular complexity index is 701. The van der Waals surface area contributed by atoms with E-state index >= 15 is 0 Å². The van der Waals surface area contributed by atoms with Gasteiger partial charge in [-0.3, -0.25) is 0 Å². The van der Waals surface area contributed by atoms with Gasteiger partial charge in [-0.05, 0) is 63.0 Å². The second-order valence-electron chi connectivity index (χ2n) is 11.0. The minimum absolute atomic E-state index is 0.178. The van der Waals surface area contributed by atoms with Gasteiger partial charge in [-0.25, -0.2) is 0 Å². The molecule has 0 aromatic heterocycles. The zero-order chi connectivity index (χ0) is 24.5. The third kappa shape index (κ3) is 9.57. The van der Waals surface area contributed by atoms with Crippen LogP contribution in [0.15, 0.2) is 6.08 Å². The van der Waals surface area contributed by atoms with Crippen molar-refractivity contribution in [2.24, 2.45) is 17.8 Å². The molecule has 0 saturated heterocycles. The van der Waals surface area contributed by atoms with Gasteiger partial charge in [-0.2, -0.15) is 0 Å². The number of phenolic OH excluding ortho intramolecular Hbond substituents is 2. The molecule has 0 unspecified atom stereocenters. The molecule has 184 valence electrons. The van der Waals surface area contributed by atoms with Gasteiger partial charge in [0.15, 0.2) is 0 Å². The van der Waals surface area contributed by atoms with Crippen molar-refractivity contribution in [3.63, 3.8) is 0 Å². The highest BCUT2D eigenvalue weighted by Gasteiger charge is 2.19. The zero-order valence-corrected chi connectivity index (χ0v) is 22.1. The minimum Gasteiger partial charge on any atom is -0.507 e. The van der Waals surface area contributed by atoms with Crippen molar-refractivity contribution < 1.29 is 15.3 Å². The van der Waals surface area contributed by atoms with Gasteiger partial charge in [0.05, 0.1) is 5.60 Å². The summed E-state index contributed by atoms with van der Waals surface area (Å²) in [5, 5.41) is 31.6. The number of aliphatic hydroxyl groups is 1. The summed E-state index contributed by atoms with van der Waals surface area (Å²) in [6.45, 7) is 16.5. The summed E-state index contributed by atoms with van der Waals surface area (Å²) in [7, 11) is 0. The van der Waals surface area contributed by atoms with Crippen LogP contribution in [-0.4, -0.2) is 20.9 Å². The lowest BCUT2D eigenvalue weighted by atomic mass is 9.89. The van der Waals surface area contributed by atoms with Crippen molar-refractivity contribution >= 4 is 6.08 Å². The summed E-state index contributed by atoms with van der Waals surface area (Å²) in [4.78, 5) is 0. The van der Waals surface area contributed by atoms with Crippen LogP contribution in [0, 0.1) is 38.5 Å².